The van der Waals surface area contributed by atoms with Gasteiger partial charge in [0.2, 0.25) is 0 Å². The van der Waals surface area contributed by atoms with Gasteiger partial charge in [-0.3, -0.25) is 0 Å². The third-order valence-corrected chi connectivity index (χ3v) is 2.55. The van der Waals surface area contributed by atoms with Crippen LogP contribution in [0.25, 0.3) is 0 Å². The van der Waals surface area contributed by atoms with Gasteiger partial charge in [-0.15, -0.1) is 0 Å². The quantitative estimate of drug-likeness (QED) is 0.679. The van der Waals surface area contributed by atoms with Crippen molar-refractivity contribution < 1.29 is 9.47 Å². The first-order chi connectivity index (χ1) is 8.81. The zero-order chi connectivity index (χ0) is 13.2. The normalized spacial score (nSPS) is 12.6. The molecule has 5 heteroatoms. The first-order valence-electron chi connectivity index (χ1n) is 6.44. The predicted molar refractivity (Wildman–Crippen MR) is 70.3 cm³/mol. The molecule has 1 aromatic heterocycles. The van der Waals surface area contributed by atoms with Crippen LogP contribution in [-0.4, -0.2) is 36.8 Å². The maximum atomic E-state index is 5.61. The third-order valence-electron chi connectivity index (χ3n) is 2.55. The molecule has 0 saturated heterocycles. The Morgan fingerprint density at radius 2 is 2.22 bits per heavy atom. The van der Waals surface area contributed by atoms with Gasteiger partial charge < -0.3 is 14.8 Å². The zero-order valence-corrected chi connectivity index (χ0v) is 11.5. The molecular formula is C13H23N3O2. The highest BCUT2D eigenvalue weighted by Crippen LogP contribution is 2.16. The van der Waals surface area contributed by atoms with Crippen LogP contribution in [0.5, 0.6) is 0 Å². The van der Waals surface area contributed by atoms with Crippen molar-refractivity contribution in [1.29, 1.82) is 0 Å². The summed E-state index contributed by atoms with van der Waals surface area (Å²) in [4.78, 5) is 8.81. The molecule has 0 radical (unpaired) electrons. The Labute approximate surface area is 109 Å². The number of nitrogens with zero attached hydrogens (tertiary/aromatic N) is 2. The van der Waals surface area contributed by atoms with E-state index >= 15 is 0 Å². The Morgan fingerprint density at radius 1 is 1.39 bits per heavy atom. The van der Waals surface area contributed by atoms with E-state index in [1.165, 1.54) is 0 Å². The number of aromatic nitrogens is 2. The minimum absolute atomic E-state index is 0.00562. The van der Waals surface area contributed by atoms with E-state index in [9.17, 15) is 0 Å². The number of rotatable bonds is 9. The van der Waals surface area contributed by atoms with Gasteiger partial charge in [0.15, 0.2) is 5.82 Å². The van der Waals surface area contributed by atoms with Gasteiger partial charge in [-0.25, -0.2) is 9.97 Å². The Bertz CT molecular complexity index is 334. The predicted octanol–water partition coefficient (Wildman–Crippen LogP) is 1.70. The number of nitrogens with one attached hydrogen (secondary N) is 1. The van der Waals surface area contributed by atoms with E-state index in [1.54, 1.807) is 13.3 Å². The maximum absolute atomic E-state index is 5.61. The number of methoxy groups -OCH3 is 1. The molecule has 0 fully saturated rings. The van der Waals surface area contributed by atoms with Crippen molar-refractivity contribution in [2.24, 2.45) is 0 Å². The number of hydrogen-bond acceptors (Lipinski definition) is 5. The molecule has 0 amide bonds. The largest absolute Gasteiger partial charge is 0.383 e. The Hall–Kier alpha value is -1.04. The molecule has 1 heterocycles. The second-order valence-electron chi connectivity index (χ2n) is 3.93. The molecule has 0 aromatic carbocycles. The fourth-order valence-electron chi connectivity index (χ4n) is 1.63. The molecule has 1 rings (SSSR count). The lowest BCUT2D eigenvalue weighted by Crippen LogP contribution is -2.20. The van der Waals surface area contributed by atoms with E-state index in [4.69, 9.17) is 9.47 Å². The first kappa shape index (κ1) is 15.0. The second-order valence-corrected chi connectivity index (χ2v) is 3.93. The topological polar surface area (TPSA) is 56.3 Å². The summed E-state index contributed by atoms with van der Waals surface area (Å²) in [5, 5.41) is 3.26. The van der Waals surface area contributed by atoms with E-state index in [2.05, 4.69) is 22.2 Å². The summed E-state index contributed by atoms with van der Waals surface area (Å²) in [5.74, 6) is 0.769. The minimum Gasteiger partial charge on any atom is -0.383 e. The zero-order valence-electron chi connectivity index (χ0n) is 11.5. The molecular weight excluding hydrogens is 230 g/mol. The molecule has 5 nitrogen and oxygen atoms in total. The lowest BCUT2D eigenvalue weighted by Gasteiger charge is -2.14. The van der Waals surface area contributed by atoms with Gasteiger partial charge in [0.05, 0.1) is 12.3 Å². The van der Waals surface area contributed by atoms with Gasteiger partial charge in [0, 0.05) is 33.0 Å². The van der Waals surface area contributed by atoms with Crippen LogP contribution < -0.4 is 5.32 Å². The Kier molecular flexibility index (Phi) is 7.48. The van der Waals surface area contributed by atoms with E-state index < -0.39 is 0 Å². The molecule has 1 atom stereocenters. The van der Waals surface area contributed by atoms with Gasteiger partial charge in [-0.1, -0.05) is 6.92 Å². The summed E-state index contributed by atoms with van der Waals surface area (Å²) in [7, 11) is 1.69. The lowest BCUT2D eigenvalue weighted by atomic mass is 10.2. The summed E-state index contributed by atoms with van der Waals surface area (Å²) < 4.78 is 10.6. The highest BCUT2D eigenvalue weighted by atomic mass is 16.5. The lowest BCUT2D eigenvalue weighted by molar-refractivity contribution is 0.0533. The summed E-state index contributed by atoms with van der Waals surface area (Å²) in [5.41, 5.74) is 0.981. The van der Waals surface area contributed by atoms with Crippen molar-refractivity contribution in [3.63, 3.8) is 0 Å². The van der Waals surface area contributed by atoms with Crippen molar-refractivity contribution in [3.05, 3.63) is 23.8 Å². The molecule has 0 aliphatic carbocycles. The molecule has 0 aliphatic rings. The number of ether oxygens (including phenoxy) is 2. The highest BCUT2D eigenvalue weighted by molar-refractivity contribution is 5.04. The van der Waals surface area contributed by atoms with Gasteiger partial charge in [0.1, 0.15) is 6.10 Å². The highest BCUT2D eigenvalue weighted by Gasteiger charge is 2.12. The molecule has 0 bridgehead atoms. The molecule has 0 saturated carbocycles. The summed E-state index contributed by atoms with van der Waals surface area (Å²) in [6, 6.07) is 1.92. The summed E-state index contributed by atoms with van der Waals surface area (Å²) >= 11 is 0. The average Bonchev–Trinajstić information content (AvgIpc) is 2.41. The monoisotopic (exact) mass is 253 g/mol. The van der Waals surface area contributed by atoms with Crippen molar-refractivity contribution in [1.82, 2.24) is 15.3 Å². The van der Waals surface area contributed by atoms with Crippen LogP contribution in [0.4, 0.5) is 0 Å². The standard InChI is InChI=1S/C13H23N3O2/c1-4-12(18-5-2)13-15-7-6-11(16-13)10-14-8-9-17-3/h6-7,12,14H,4-5,8-10H2,1-3H3. The van der Waals surface area contributed by atoms with Gasteiger partial charge in [0.25, 0.3) is 0 Å². The molecule has 18 heavy (non-hydrogen) atoms. The van der Waals surface area contributed by atoms with Gasteiger partial charge in [-0.2, -0.15) is 0 Å². The van der Waals surface area contributed by atoms with Crippen molar-refractivity contribution >= 4 is 0 Å². The van der Waals surface area contributed by atoms with E-state index in [0.717, 1.165) is 31.0 Å². The third kappa shape index (κ3) is 5.08. The van der Waals surface area contributed by atoms with Crippen LogP contribution in [0, 0.1) is 0 Å². The molecule has 0 aliphatic heterocycles. The maximum Gasteiger partial charge on any atom is 0.157 e. The molecule has 0 spiro atoms. The second kappa shape index (κ2) is 8.97. The van der Waals surface area contributed by atoms with Crippen LogP contribution in [-0.2, 0) is 16.0 Å². The van der Waals surface area contributed by atoms with Crippen LogP contribution >= 0.6 is 0 Å². The van der Waals surface area contributed by atoms with Gasteiger partial charge >= 0.3 is 0 Å². The van der Waals surface area contributed by atoms with Crippen LogP contribution in [0.3, 0.4) is 0 Å². The SMILES string of the molecule is CCOC(CC)c1nccc(CNCCOC)n1. The molecule has 1 unspecified atom stereocenters. The number of hydrogen-bond donors (Lipinski definition) is 1. The fourth-order valence-corrected chi connectivity index (χ4v) is 1.63. The summed E-state index contributed by atoms with van der Waals surface area (Å²) in [6.07, 6.45) is 2.67. The van der Waals surface area contributed by atoms with Crippen molar-refractivity contribution in [2.45, 2.75) is 32.9 Å². The fraction of sp³-hybridized carbons (Fsp3) is 0.692. The first-order valence-corrected chi connectivity index (χ1v) is 6.44. The average molecular weight is 253 g/mol. The molecule has 1 aromatic rings. The molecule has 102 valence electrons. The van der Waals surface area contributed by atoms with Crippen molar-refractivity contribution in [3.8, 4) is 0 Å². The van der Waals surface area contributed by atoms with Gasteiger partial charge in [-0.05, 0) is 19.4 Å². The van der Waals surface area contributed by atoms with E-state index in [-0.39, 0.29) is 6.10 Å². The van der Waals surface area contributed by atoms with E-state index in [0.29, 0.717) is 13.2 Å². The van der Waals surface area contributed by atoms with Crippen molar-refractivity contribution in [2.75, 3.05) is 26.9 Å². The van der Waals surface area contributed by atoms with Crippen LogP contribution in [0.1, 0.15) is 37.9 Å². The smallest absolute Gasteiger partial charge is 0.157 e. The molecule has 1 N–H and O–H groups in total. The Morgan fingerprint density at radius 3 is 2.89 bits per heavy atom. The Balaban J connectivity index is 2.55. The van der Waals surface area contributed by atoms with Crippen LogP contribution in [0.15, 0.2) is 12.3 Å². The van der Waals surface area contributed by atoms with Crippen LogP contribution in [0.2, 0.25) is 0 Å². The summed E-state index contributed by atoms with van der Waals surface area (Å²) in [6.45, 7) is 6.98. The van der Waals surface area contributed by atoms with E-state index in [1.807, 2.05) is 13.0 Å². The minimum atomic E-state index is -0.00562.